The largest absolute Gasteiger partial charge is 0.509 e. The highest BCUT2D eigenvalue weighted by molar-refractivity contribution is 5.95. The number of carbonyl (C=O) groups is 7. The van der Waals surface area contributed by atoms with Crippen LogP contribution in [0.15, 0.2) is 102 Å². The third kappa shape index (κ3) is 15.8. The molecule has 1 aromatic rings. The van der Waals surface area contributed by atoms with Crippen LogP contribution in [0, 0.1) is 22.7 Å². The highest BCUT2D eigenvalue weighted by Crippen LogP contribution is 2.64. The van der Waals surface area contributed by atoms with Gasteiger partial charge in [-0.05, 0) is 115 Å². The number of allylic oxidation sites excluding steroid dienone is 10. The van der Waals surface area contributed by atoms with Gasteiger partial charge in [-0.15, -0.1) is 0 Å². The Morgan fingerprint density at radius 2 is 1.46 bits per heavy atom. The Morgan fingerprint density at radius 1 is 0.864 bits per heavy atom. The smallest absolute Gasteiger partial charge is 0.455 e. The van der Waals surface area contributed by atoms with Crippen LogP contribution in [0.3, 0.4) is 0 Å². The minimum absolute atomic E-state index is 0.0436. The first-order chi connectivity index (χ1) is 38.2. The van der Waals surface area contributed by atoms with Gasteiger partial charge in [0.2, 0.25) is 6.10 Å². The van der Waals surface area contributed by atoms with Gasteiger partial charge in [-0.25, -0.2) is 19.2 Å². The van der Waals surface area contributed by atoms with E-state index in [1.807, 2.05) is 26.0 Å². The van der Waals surface area contributed by atoms with Gasteiger partial charge >= 0.3 is 36.1 Å². The minimum Gasteiger partial charge on any atom is -0.455 e. The van der Waals surface area contributed by atoms with Crippen LogP contribution in [0.4, 0.5) is 9.59 Å². The maximum absolute atomic E-state index is 15.8. The Hall–Kier alpha value is -6.37. The number of hydrogen-bond acceptors (Lipinski definition) is 17. The summed E-state index contributed by atoms with van der Waals surface area (Å²) in [5.74, 6) is -6.48. The molecule has 1 amide bonds. The molecule has 1 aliphatic heterocycles. The summed E-state index contributed by atoms with van der Waals surface area (Å²) in [4.78, 5) is 99.5. The highest BCUT2D eigenvalue weighted by atomic mass is 16.7. The van der Waals surface area contributed by atoms with Crippen molar-refractivity contribution in [3.63, 3.8) is 0 Å². The molecular formula is C63H87NO17. The zero-order valence-corrected chi connectivity index (χ0v) is 49.4. The van der Waals surface area contributed by atoms with Gasteiger partial charge in [0.25, 0.3) is 0 Å². The average molecular weight is 1130 g/mol. The second kappa shape index (κ2) is 28.6. The van der Waals surface area contributed by atoms with Gasteiger partial charge in [-0.1, -0.05) is 114 Å². The number of hydrogen-bond donors (Lipinski definition) is 3. The van der Waals surface area contributed by atoms with Gasteiger partial charge in [0.15, 0.2) is 17.5 Å². The van der Waals surface area contributed by atoms with Crippen LogP contribution >= 0.6 is 0 Å². The van der Waals surface area contributed by atoms with E-state index in [2.05, 4.69) is 60.8 Å². The van der Waals surface area contributed by atoms with Crippen LogP contribution in [0.5, 0.6) is 0 Å². The fraction of sp³-hybridized carbons (Fsp3) is 0.603. The van der Waals surface area contributed by atoms with E-state index in [0.717, 1.165) is 39.7 Å². The van der Waals surface area contributed by atoms with Crippen molar-refractivity contribution < 1.29 is 81.7 Å². The van der Waals surface area contributed by atoms with Crippen LogP contribution in [-0.4, -0.2) is 125 Å². The van der Waals surface area contributed by atoms with Crippen molar-refractivity contribution in [3.05, 3.63) is 108 Å². The molecule has 0 radical (unpaired) electrons. The van der Waals surface area contributed by atoms with E-state index in [1.165, 1.54) is 39.8 Å². The van der Waals surface area contributed by atoms with Crippen molar-refractivity contribution >= 4 is 41.9 Å². The zero-order valence-electron chi connectivity index (χ0n) is 49.4. The number of ether oxygens (including phenoxy) is 8. The van der Waals surface area contributed by atoms with Gasteiger partial charge in [0.05, 0.1) is 42.8 Å². The lowest BCUT2D eigenvalue weighted by Gasteiger charge is -2.67. The number of Topliss-reactive ketones (excluding diaryl/α,β-unsaturated/α-hetero) is 1. The highest BCUT2D eigenvalue weighted by Gasteiger charge is 2.78. The molecule has 4 aliphatic rings. The molecule has 81 heavy (non-hydrogen) atoms. The van der Waals surface area contributed by atoms with Crippen LogP contribution in [0.1, 0.15) is 157 Å². The maximum atomic E-state index is 15.8. The standard InChI is InChI=1S/C63H87NO17/c1-13-14-15-16-17-18-19-20-21-22-23-24-25-26-27-28-32-35-48(67)77-50(44(36-40(2)3)64-57(71)81-59(6,7)8)56(70)76-45-38-63(73)54(79-55(69)43-33-30-29-31-34-43)52-61(11,46(66)37-47-62(52,39-75-47)80-42(5)65)53(68)51(78-58(72)74-12)49(41(45)4)60(63,9)10/h14-15,17-18,20-21,23-24,26-27,29-31,33-34,40,44-47,50-52,54,66,73H,13,16,19,22,25,28,32,35-39H2,1-12H3,(H,64,71)/b15-14-,18-17-,21-20-,24-23-,27-26-/t44-,45-,46-,47+,50+,51+,52?,54?,61+,62-,63+/m0/s1. The number of amides is 1. The molecule has 2 bridgehead atoms. The van der Waals surface area contributed by atoms with Crippen molar-refractivity contribution in [2.75, 3.05) is 13.7 Å². The molecule has 3 aliphatic carbocycles. The third-order valence-corrected chi connectivity index (χ3v) is 15.7. The number of methoxy groups -OCH3 is 1. The van der Waals surface area contributed by atoms with Crippen LogP contribution < -0.4 is 5.32 Å². The predicted molar refractivity (Wildman–Crippen MR) is 301 cm³/mol. The van der Waals surface area contributed by atoms with Crippen molar-refractivity contribution in [2.45, 2.75) is 206 Å². The SMILES string of the molecule is CC/C=C\C/C=C\C/C=C\C/C=C\C/C=C\CCCC(=O)O[C@@H](C(=O)O[C@H]1C[C@@]2(O)C(OC(=O)c3ccccc3)C3[C@](C)(C(=O)[C@H](OC(=O)OC)C(=C1C)C2(C)C)[C@@H](O)C[C@H]1OC[C@@]31OC(C)=O)[C@H](CC(C)C)NC(=O)OC(C)(C)C. The minimum atomic E-state index is -2.48. The number of esters is 4. The van der Waals surface area contributed by atoms with Gasteiger partial charge in [0, 0.05) is 31.6 Å². The van der Waals surface area contributed by atoms with Crippen molar-refractivity contribution in [1.29, 1.82) is 0 Å². The number of aliphatic hydroxyl groups excluding tert-OH is 1. The Labute approximate surface area is 477 Å². The molecule has 2 saturated carbocycles. The monoisotopic (exact) mass is 1130 g/mol. The van der Waals surface area contributed by atoms with Crippen LogP contribution in [-0.2, 0) is 57.1 Å². The molecule has 1 saturated heterocycles. The van der Waals surface area contributed by atoms with Crippen molar-refractivity contribution in [2.24, 2.45) is 22.7 Å². The van der Waals surface area contributed by atoms with E-state index in [4.69, 9.17) is 37.9 Å². The maximum Gasteiger partial charge on any atom is 0.509 e. The lowest BCUT2D eigenvalue weighted by molar-refractivity contribution is -0.346. The normalized spacial score (nSPS) is 27.9. The Kier molecular flexibility index (Phi) is 23.1. The molecule has 0 aromatic heterocycles. The summed E-state index contributed by atoms with van der Waals surface area (Å²) in [6.07, 6.45) is 13.0. The molecule has 18 nitrogen and oxygen atoms in total. The molecule has 3 N–H and O–H groups in total. The fourth-order valence-corrected chi connectivity index (χ4v) is 11.7. The van der Waals surface area contributed by atoms with Gasteiger partial charge in [-0.2, -0.15) is 0 Å². The fourth-order valence-electron chi connectivity index (χ4n) is 11.7. The number of alkyl carbamates (subject to hydrolysis) is 1. The number of carbonyl (C=O) groups excluding carboxylic acids is 7. The van der Waals surface area contributed by atoms with Crippen molar-refractivity contribution in [3.8, 4) is 0 Å². The van der Waals surface area contributed by atoms with Gasteiger partial charge in [-0.3, -0.25) is 14.4 Å². The topological polar surface area (TPSA) is 246 Å². The summed E-state index contributed by atoms with van der Waals surface area (Å²) in [5.41, 5.74) is -9.11. The summed E-state index contributed by atoms with van der Waals surface area (Å²) >= 11 is 0. The number of benzene rings is 1. The number of ketones is 1. The summed E-state index contributed by atoms with van der Waals surface area (Å²) in [6.45, 7) is 17.5. The molecule has 5 rings (SSSR count). The molecule has 446 valence electrons. The van der Waals surface area contributed by atoms with E-state index >= 15 is 9.59 Å². The second-order valence-electron chi connectivity index (χ2n) is 23.5. The third-order valence-electron chi connectivity index (χ3n) is 15.7. The lowest BCUT2D eigenvalue weighted by Crippen LogP contribution is -2.82. The number of aliphatic hydroxyl groups is 2. The summed E-state index contributed by atoms with van der Waals surface area (Å²) in [7, 11) is 1.03. The summed E-state index contributed by atoms with van der Waals surface area (Å²) in [5, 5.41) is 29.0. The Bertz CT molecular complexity index is 2570. The Morgan fingerprint density at radius 3 is 1.99 bits per heavy atom. The summed E-state index contributed by atoms with van der Waals surface area (Å²) < 4.78 is 47.4. The van der Waals surface area contributed by atoms with E-state index in [0.29, 0.717) is 19.3 Å². The van der Waals surface area contributed by atoms with E-state index < -0.39 is 125 Å². The number of rotatable bonds is 24. The van der Waals surface area contributed by atoms with Gasteiger partial charge < -0.3 is 53.4 Å². The van der Waals surface area contributed by atoms with E-state index in [1.54, 1.807) is 39.0 Å². The van der Waals surface area contributed by atoms with Gasteiger partial charge in [0.1, 0.15) is 29.5 Å². The quantitative estimate of drug-likeness (QED) is 0.0377. The number of nitrogens with one attached hydrogen (secondary N) is 1. The van der Waals surface area contributed by atoms with Crippen molar-refractivity contribution in [1.82, 2.24) is 5.32 Å². The second-order valence-corrected chi connectivity index (χ2v) is 23.5. The lowest BCUT2D eigenvalue weighted by atomic mass is 9.44. The number of fused-ring (bicyclic) bond motifs is 5. The summed E-state index contributed by atoms with van der Waals surface area (Å²) in [6, 6.07) is 6.58. The molecular weight excluding hydrogens is 1040 g/mol. The average Bonchev–Trinajstić information content (AvgIpc) is 2.93. The molecule has 1 aromatic carbocycles. The molecule has 1 heterocycles. The predicted octanol–water partition coefficient (Wildman–Crippen LogP) is 10.2. The molecule has 3 fully saturated rings. The van der Waals surface area contributed by atoms with Crippen LogP contribution in [0.25, 0.3) is 0 Å². The molecule has 0 spiro atoms. The number of unbranched alkanes of at least 4 members (excludes halogenated alkanes) is 1. The molecule has 2 unspecified atom stereocenters. The van der Waals surface area contributed by atoms with Crippen LogP contribution in [0.2, 0.25) is 0 Å². The zero-order chi connectivity index (χ0) is 59.9. The molecule has 11 atom stereocenters. The first-order valence-electron chi connectivity index (χ1n) is 28.3. The van der Waals surface area contributed by atoms with E-state index in [-0.39, 0.29) is 48.5 Å². The first kappa shape index (κ1) is 65.4. The first-order valence-corrected chi connectivity index (χ1v) is 28.3. The Balaban J connectivity index is 1.54. The molecule has 18 heteroatoms. The van der Waals surface area contributed by atoms with E-state index in [9.17, 15) is 34.2 Å².